The first-order valence-electron chi connectivity index (χ1n) is 6.52. The van der Waals surface area contributed by atoms with E-state index in [-0.39, 0.29) is 6.10 Å². The summed E-state index contributed by atoms with van der Waals surface area (Å²) in [6, 6.07) is 0. The van der Waals surface area contributed by atoms with Crippen molar-refractivity contribution in [3.8, 4) is 0 Å². The molecule has 0 aromatic carbocycles. The van der Waals surface area contributed by atoms with Crippen molar-refractivity contribution in [2.75, 3.05) is 0 Å². The van der Waals surface area contributed by atoms with Crippen molar-refractivity contribution in [2.24, 2.45) is 0 Å². The van der Waals surface area contributed by atoms with Crippen LogP contribution in [0.1, 0.15) is 65.2 Å². The van der Waals surface area contributed by atoms with Crippen molar-refractivity contribution in [1.29, 1.82) is 0 Å². The summed E-state index contributed by atoms with van der Waals surface area (Å²) in [5.74, 6) is 0. The molecule has 0 heterocycles. The first-order chi connectivity index (χ1) is 7.88. The van der Waals surface area contributed by atoms with Crippen molar-refractivity contribution in [2.45, 2.75) is 76.6 Å². The van der Waals surface area contributed by atoms with Crippen LogP contribution in [-0.4, -0.2) is 29.4 Å². The average Bonchev–Trinajstić information content (AvgIpc) is 2.21. The van der Waals surface area contributed by atoms with E-state index >= 15 is 0 Å². The maximum absolute atomic E-state index is 10.7. The van der Waals surface area contributed by atoms with Crippen LogP contribution in [0, 0.1) is 0 Å². The Balaban J connectivity index is 3.41. The molecule has 0 rings (SSSR count). The van der Waals surface area contributed by atoms with Crippen LogP contribution in [0.25, 0.3) is 0 Å². The minimum Gasteiger partial charge on any atom is -0.393 e. The summed E-state index contributed by atoms with van der Waals surface area (Å²) in [5.41, 5.74) is 0. The summed E-state index contributed by atoms with van der Waals surface area (Å²) in [6.07, 6.45) is 6.80. The molecule has 4 nitrogen and oxygen atoms in total. The van der Waals surface area contributed by atoms with Gasteiger partial charge in [-0.15, -0.1) is 0 Å². The number of hydrogen-bond acceptors (Lipinski definition) is 3. The molecule has 0 aromatic rings. The molecule has 5 heteroatoms. The smallest absolute Gasteiger partial charge is 0.267 e. The molecule has 0 fully saturated rings. The van der Waals surface area contributed by atoms with E-state index in [1.54, 1.807) is 0 Å². The Morgan fingerprint density at radius 2 is 1.53 bits per heavy atom. The van der Waals surface area contributed by atoms with Crippen molar-refractivity contribution in [1.82, 2.24) is 0 Å². The van der Waals surface area contributed by atoms with Crippen molar-refractivity contribution in [3.63, 3.8) is 0 Å². The second-order valence-corrected chi connectivity index (χ2v) is 6.59. The fourth-order valence-electron chi connectivity index (χ4n) is 1.79. The molecular formula is C12H26O4S. The molecular weight excluding hydrogens is 240 g/mol. The molecule has 104 valence electrons. The fourth-order valence-corrected chi connectivity index (χ4v) is 2.26. The third-order valence-corrected chi connectivity index (χ3v) is 4.28. The first-order valence-corrected chi connectivity index (χ1v) is 8.02. The average molecular weight is 266 g/mol. The maximum Gasteiger partial charge on any atom is 0.267 e. The van der Waals surface area contributed by atoms with Gasteiger partial charge in [-0.3, -0.25) is 4.55 Å². The van der Waals surface area contributed by atoms with E-state index in [1.807, 2.05) is 0 Å². The highest BCUT2D eigenvalue weighted by atomic mass is 32.2. The lowest BCUT2D eigenvalue weighted by atomic mass is 10.0. The van der Waals surface area contributed by atoms with Gasteiger partial charge >= 0.3 is 0 Å². The van der Waals surface area contributed by atoms with E-state index in [9.17, 15) is 13.5 Å². The van der Waals surface area contributed by atoms with E-state index in [4.69, 9.17) is 4.55 Å². The number of aliphatic hydroxyl groups excluding tert-OH is 1. The minimum atomic E-state index is -3.86. The zero-order valence-corrected chi connectivity index (χ0v) is 11.7. The lowest BCUT2D eigenvalue weighted by molar-refractivity contribution is 0.150. The molecule has 0 aliphatic heterocycles. The summed E-state index contributed by atoms with van der Waals surface area (Å²) in [5, 5.41) is 8.83. The minimum absolute atomic E-state index is 0.184. The van der Waals surface area contributed by atoms with Crippen LogP contribution in [0.15, 0.2) is 0 Å². The Kier molecular flexibility index (Phi) is 8.82. The Labute approximate surface area is 105 Å². The third kappa shape index (κ3) is 9.56. The van der Waals surface area contributed by atoms with Gasteiger partial charge in [0, 0.05) is 0 Å². The Morgan fingerprint density at radius 3 is 2.00 bits per heavy atom. The lowest BCUT2D eigenvalue weighted by Gasteiger charge is -2.09. The molecule has 2 N–H and O–H groups in total. The molecule has 0 aliphatic rings. The van der Waals surface area contributed by atoms with Crippen molar-refractivity contribution >= 4 is 10.1 Å². The quantitative estimate of drug-likeness (QED) is 0.471. The monoisotopic (exact) mass is 266 g/mol. The second kappa shape index (κ2) is 8.89. The van der Waals surface area contributed by atoms with Gasteiger partial charge < -0.3 is 5.11 Å². The molecule has 0 aliphatic carbocycles. The Morgan fingerprint density at radius 1 is 1.00 bits per heavy atom. The van der Waals surface area contributed by atoms with Crippen LogP contribution in [0.4, 0.5) is 0 Å². The zero-order valence-electron chi connectivity index (χ0n) is 10.9. The highest BCUT2D eigenvalue weighted by molar-refractivity contribution is 7.86. The lowest BCUT2D eigenvalue weighted by Crippen LogP contribution is -2.16. The zero-order chi connectivity index (χ0) is 13.3. The van der Waals surface area contributed by atoms with Crippen LogP contribution in [0.2, 0.25) is 0 Å². The predicted molar refractivity (Wildman–Crippen MR) is 69.6 cm³/mol. The van der Waals surface area contributed by atoms with Crippen LogP contribution in [-0.2, 0) is 10.1 Å². The molecule has 0 radical (unpaired) electrons. The molecule has 0 bridgehead atoms. The van der Waals surface area contributed by atoms with Crippen LogP contribution in [0.5, 0.6) is 0 Å². The summed E-state index contributed by atoms with van der Waals surface area (Å²) in [6.45, 7) is 3.58. The molecule has 0 saturated heterocycles. The standard InChI is InChI=1S/C12H26O4S/c1-3-8-12(13)10-7-5-4-6-9-11(2)17(14,15)16/h11-13H,3-10H2,1-2H3,(H,14,15,16). The molecule has 2 atom stereocenters. The number of hydrogen-bond donors (Lipinski definition) is 2. The van der Waals surface area contributed by atoms with Gasteiger partial charge in [0.05, 0.1) is 11.4 Å². The molecule has 0 saturated carbocycles. The van der Waals surface area contributed by atoms with Crippen LogP contribution < -0.4 is 0 Å². The topological polar surface area (TPSA) is 74.6 Å². The van der Waals surface area contributed by atoms with E-state index < -0.39 is 15.4 Å². The number of unbranched alkanes of at least 4 members (excludes halogenated alkanes) is 3. The van der Waals surface area contributed by atoms with Gasteiger partial charge in [-0.25, -0.2) is 0 Å². The van der Waals surface area contributed by atoms with Crippen LogP contribution in [0.3, 0.4) is 0 Å². The van der Waals surface area contributed by atoms with Crippen LogP contribution >= 0.6 is 0 Å². The Hall–Kier alpha value is -0.130. The molecule has 2 unspecified atom stereocenters. The first kappa shape index (κ1) is 16.9. The normalized spacial score (nSPS) is 15.8. The van der Waals surface area contributed by atoms with Crippen molar-refractivity contribution < 1.29 is 18.1 Å². The molecule has 0 spiro atoms. The van der Waals surface area contributed by atoms with Gasteiger partial charge in [0.2, 0.25) is 0 Å². The van der Waals surface area contributed by atoms with E-state index in [1.165, 1.54) is 6.92 Å². The summed E-state index contributed by atoms with van der Waals surface area (Å²) in [4.78, 5) is 0. The number of aliphatic hydroxyl groups is 1. The van der Waals surface area contributed by atoms with E-state index in [2.05, 4.69) is 6.92 Å². The maximum atomic E-state index is 10.7. The largest absolute Gasteiger partial charge is 0.393 e. The SMILES string of the molecule is CCCC(O)CCCCCCC(C)S(=O)(=O)O. The van der Waals surface area contributed by atoms with E-state index in [0.717, 1.165) is 44.9 Å². The molecule has 0 aromatic heterocycles. The van der Waals surface area contributed by atoms with Gasteiger partial charge in [0.25, 0.3) is 10.1 Å². The predicted octanol–water partition coefficient (Wildman–Crippen LogP) is 2.76. The summed E-state index contributed by atoms with van der Waals surface area (Å²) >= 11 is 0. The van der Waals surface area contributed by atoms with Gasteiger partial charge in [0.1, 0.15) is 0 Å². The fraction of sp³-hybridized carbons (Fsp3) is 1.00. The highest BCUT2D eigenvalue weighted by Crippen LogP contribution is 2.13. The summed E-state index contributed by atoms with van der Waals surface area (Å²) in [7, 11) is -3.86. The van der Waals surface area contributed by atoms with Gasteiger partial charge in [-0.1, -0.05) is 39.0 Å². The summed E-state index contributed by atoms with van der Waals surface area (Å²) < 4.78 is 30.2. The molecule has 17 heavy (non-hydrogen) atoms. The van der Waals surface area contributed by atoms with E-state index in [0.29, 0.717) is 6.42 Å². The van der Waals surface area contributed by atoms with Gasteiger partial charge in [0.15, 0.2) is 0 Å². The van der Waals surface area contributed by atoms with Gasteiger partial charge in [-0.05, 0) is 26.2 Å². The highest BCUT2D eigenvalue weighted by Gasteiger charge is 2.15. The Bertz CT molecular complexity index is 274. The van der Waals surface area contributed by atoms with Crippen molar-refractivity contribution in [3.05, 3.63) is 0 Å². The molecule has 0 amide bonds. The second-order valence-electron chi connectivity index (χ2n) is 4.76. The number of rotatable bonds is 10. The van der Waals surface area contributed by atoms with Gasteiger partial charge in [-0.2, -0.15) is 8.42 Å². The third-order valence-electron chi connectivity index (χ3n) is 3.03.